The fourth-order valence-corrected chi connectivity index (χ4v) is 2.87. The van der Waals surface area contributed by atoms with Crippen LogP contribution in [0.5, 0.6) is 0 Å². The zero-order chi connectivity index (χ0) is 18.3. The Morgan fingerprint density at radius 3 is 2.54 bits per heavy atom. The number of rotatable bonds is 3. The number of aromatic nitrogens is 2. The quantitative estimate of drug-likeness (QED) is 0.542. The predicted octanol–water partition coefficient (Wildman–Crippen LogP) is 5.00. The van der Waals surface area contributed by atoms with Crippen LogP contribution in [0.2, 0.25) is 0 Å². The number of furan rings is 1. The number of hydrogen-bond acceptors (Lipinski definition) is 3. The summed E-state index contributed by atoms with van der Waals surface area (Å²) in [6.07, 6.45) is -4.46. The van der Waals surface area contributed by atoms with E-state index in [1.165, 1.54) is 18.2 Å². The number of H-pyrrole nitrogens is 1. The van der Waals surface area contributed by atoms with Gasteiger partial charge in [-0.3, -0.25) is 0 Å². The molecule has 0 aliphatic rings. The van der Waals surface area contributed by atoms with Crippen molar-refractivity contribution in [1.29, 1.82) is 0 Å². The van der Waals surface area contributed by atoms with Gasteiger partial charge in [0.15, 0.2) is 0 Å². The lowest BCUT2D eigenvalue weighted by atomic mass is 10.1. The molecule has 2 N–H and O–H groups in total. The molecule has 0 saturated carbocycles. The Kier molecular flexibility index (Phi) is 3.81. The minimum Gasteiger partial charge on any atom is -0.456 e. The van der Waals surface area contributed by atoms with Gasteiger partial charge in [0, 0.05) is 11.1 Å². The molecule has 0 unspecified atom stereocenters. The molecular formula is C19H13F3N2O2. The summed E-state index contributed by atoms with van der Waals surface area (Å²) in [5.41, 5.74) is 1.35. The number of benzene rings is 2. The van der Waals surface area contributed by atoms with E-state index in [9.17, 15) is 13.2 Å². The molecule has 0 atom stereocenters. The van der Waals surface area contributed by atoms with E-state index in [0.717, 1.165) is 6.07 Å². The highest BCUT2D eigenvalue weighted by atomic mass is 19.4. The standard InChI is InChI=1S/C19H13F3N2O2/c20-19(21,22)13-4-2-1-3-12(13)17-8-7-16(26-17)11-5-6-14-15(9-11)24-18(10-25)23-14/h1-9,25H,10H2,(H,23,24). The van der Waals surface area contributed by atoms with Crippen LogP contribution in [0.25, 0.3) is 33.7 Å². The van der Waals surface area contributed by atoms with Crippen LogP contribution < -0.4 is 0 Å². The first-order chi connectivity index (χ1) is 12.5. The minimum absolute atomic E-state index is 0.00330. The Balaban J connectivity index is 1.75. The molecule has 0 amide bonds. The second-order valence-electron chi connectivity index (χ2n) is 5.78. The fraction of sp³-hybridized carbons (Fsp3) is 0.105. The molecule has 0 aliphatic carbocycles. The number of fused-ring (bicyclic) bond motifs is 1. The second-order valence-corrected chi connectivity index (χ2v) is 5.78. The molecule has 0 spiro atoms. The van der Waals surface area contributed by atoms with Gasteiger partial charge < -0.3 is 14.5 Å². The normalized spacial score (nSPS) is 12.0. The van der Waals surface area contributed by atoms with Crippen LogP contribution in [0, 0.1) is 0 Å². The lowest BCUT2D eigenvalue weighted by Gasteiger charge is -2.10. The Bertz CT molecular complexity index is 1080. The Morgan fingerprint density at radius 2 is 1.77 bits per heavy atom. The van der Waals surface area contributed by atoms with E-state index < -0.39 is 11.7 Å². The first-order valence-electron chi connectivity index (χ1n) is 7.82. The molecule has 2 aromatic carbocycles. The number of aliphatic hydroxyl groups excluding tert-OH is 1. The zero-order valence-corrected chi connectivity index (χ0v) is 13.3. The van der Waals surface area contributed by atoms with Gasteiger partial charge in [-0.2, -0.15) is 13.2 Å². The highest BCUT2D eigenvalue weighted by Crippen LogP contribution is 2.38. The predicted molar refractivity (Wildman–Crippen MR) is 90.2 cm³/mol. The summed E-state index contributed by atoms with van der Waals surface area (Å²) in [6.45, 7) is -0.205. The molecule has 26 heavy (non-hydrogen) atoms. The van der Waals surface area contributed by atoms with Gasteiger partial charge >= 0.3 is 6.18 Å². The third-order valence-corrected chi connectivity index (χ3v) is 4.07. The van der Waals surface area contributed by atoms with E-state index in [-0.39, 0.29) is 17.9 Å². The molecule has 4 rings (SSSR count). The van der Waals surface area contributed by atoms with Crippen LogP contribution in [-0.4, -0.2) is 15.1 Å². The smallest absolute Gasteiger partial charge is 0.417 e. The summed E-state index contributed by atoms with van der Waals surface area (Å²) < 4.78 is 45.3. The molecule has 2 heterocycles. The van der Waals surface area contributed by atoms with Crippen molar-refractivity contribution < 1.29 is 22.7 Å². The van der Waals surface area contributed by atoms with E-state index in [1.807, 2.05) is 0 Å². The Labute approximate surface area is 145 Å². The van der Waals surface area contributed by atoms with Crippen LogP contribution in [0.15, 0.2) is 59.0 Å². The largest absolute Gasteiger partial charge is 0.456 e. The molecule has 7 heteroatoms. The molecular weight excluding hydrogens is 345 g/mol. The summed E-state index contributed by atoms with van der Waals surface area (Å²) in [4.78, 5) is 7.17. The first-order valence-corrected chi connectivity index (χ1v) is 7.82. The number of alkyl halides is 3. The number of nitrogens with one attached hydrogen (secondary N) is 1. The Morgan fingerprint density at radius 1 is 1.00 bits per heavy atom. The van der Waals surface area contributed by atoms with E-state index in [2.05, 4.69) is 9.97 Å². The minimum atomic E-state index is -4.46. The molecule has 0 bridgehead atoms. The monoisotopic (exact) mass is 358 g/mol. The van der Waals surface area contributed by atoms with Gasteiger partial charge in [0.1, 0.15) is 24.0 Å². The molecule has 0 radical (unpaired) electrons. The molecule has 0 aliphatic heterocycles. The van der Waals surface area contributed by atoms with E-state index in [1.54, 1.807) is 30.3 Å². The van der Waals surface area contributed by atoms with Crippen molar-refractivity contribution in [3.63, 3.8) is 0 Å². The first kappa shape index (κ1) is 16.4. The number of aromatic amines is 1. The maximum atomic E-state index is 13.2. The van der Waals surface area contributed by atoms with E-state index in [0.29, 0.717) is 28.2 Å². The third-order valence-electron chi connectivity index (χ3n) is 4.07. The van der Waals surface area contributed by atoms with Crippen LogP contribution in [-0.2, 0) is 12.8 Å². The van der Waals surface area contributed by atoms with Crippen LogP contribution in [0.1, 0.15) is 11.4 Å². The number of nitrogens with zero attached hydrogens (tertiary/aromatic N) is 1. The molecule has 132 valence electrons. The topological polar surface area (TPSA) is 62.1 Å². The van der Waals surface area contributed by atoms with Crippen molar-refractivity contribution in [1.82, 2.24) is 9.97 Å². The van der Waals surface area contributed by atoms with Crippen molar-refractivity contribution in [2.45, 2.75) is 12.8 Å². The Hall–Kier alpha value is -3.06. The zero-order valence-electron chi connectivity index (χ0n) is 13.3. The summed E-state index contributed by atoms with van der Waals surface area (Å²) in [5.74, 6) is 1.03. The summed E-state index contributed by atoms with van der Waals surface area (Å²) in [6, 6.07) is 13.8. The van der Waals surface area contributed by atoms with Gasteiger partial charge in [-0.1, -0.05) is 18.2 Å². The van der Waals surface area contributed by atoms with Gasteiger partial charge in [0.2, 0.25) is 0 Å². The lowest BCUT2D eigenvalue weighted by molar-refractivity contribution is -0.137. The maximum absolute atomic E-state index is 13.2. The number of aliphatic hydroxyl groups is 1. The summed E-state index contributed by atoms with van der Waals surface area (Å²) >= 11 is 0. The maximum Gasteiger partial charge on any atom is 0.417 e. The van der Waals surface area contributed by atoms with E-state index >= 15 is 0 Å². The third kappa shape index (κ3) is 2.86. The molecule has 4 aromatic rings. The van der Waals surface area contributed by atoms with E-state index in [4.69, 9.17) is 9.52 Å². The van der Waals surface area contributed by atoms with Crippen molar-refractivity contribution in [2.24, 2.45) is 0 Å². The molecule has 4 nitrogen and oxygen atoms in total. The molecule has 0 saturated heterocycles. The van der Waals surface area contributed by atoms with Crippen molar-refractivity contribution >= 4 is 11.0 Å². The summed E-state index contributed by atoms with van der Waals surface area (Å²) in [5, 5.41) is 9.14. The second kappa shape index (κ2) is 6.03. The van der Waals surface area contributed by atoms with Gasteiger partial charge in [-0.05, 0) is 36.4 Å². The van der Waals surface area contributed by atoms with Crippen LogP contribution >= 0.6 is 0 Å². The van der Waals surface area contributed by atoms with Crippen LogP contribution in [0.4, 0.5) is 13.2 Å². The fourth-order valence-electron chi connectivity index (χ4n) is 2.87. The van der Waals surface area contributed by atoms with Gasteiger partial charge in [0.25, 0.3) is 0 Å². The average Bonchev–Trinajstić information content (AvgIpc) is 3.27. The van der Waals surface area contributed by atoms with Gasteiger partial charge in [-0.15, -0.1) is 0 Å². The van der Waals surface area contributed by atoms with Crippen molar-refractivity contribution in [2.75, 3.05) is 0 Å². The van der Waals surface area contributed by atoms with Crippen molar-refractivity contribution in [3.05, 3.63) is 66.0 Å². The SMILES string of the molecule is OCc1nc2ccc(-c3ccc(-c4ccccc4C(F)(F)F)o3)cc2[nH]1. The van der Waals surface area contributed by atoms with Gasteiger partial charge in [-0.25, -0.2) is 4.98 Å². The summed E-state index contributed by atoms with van der Waals surface area (Å²) in [7, 11) is 0. The number of hydrogen-bond donors (Lipinski definition) is 2. The van der Waals surface area contributed by atoms with Crippen LogP contribution in [0.3, 0.4) is 0 Å². The average molecular weight is 358 g/mol. The highest BCUT2D eigenvalue weighted by Gasteiger charge is 2.34. The number of imidazole rings is 1. The van der Waals surface area contributed by atoms with Crippen molar-refractivity contribution in [3.8, 4) is 22.6 Å². The molecule has 2 aromatic heterocycles. The van der Waals surface area contributed by atoms with Gasteiger partial charge in [0.05, 0.1) is 16.6 Å². The number of halogens is 3. The lowest BCUT2D eigenvalue weighted by Crippen LogP contribution is -2.06. The molecule has 0 fully saturated rings. The highest BCUT2D eigenvalue weighted by molar-refractivity contribution is 5.81.